The summed E-state index contributed by atoms with van der Waals surface area (Å²) in [5, 5.41) is 11.2. The van der Waals surface area contributed by atoms with Crippen LogP contribution in [0.2, 0.25) is 0 Å². The topological polar surface area (TPSA) is 60.2 Å². The lowest BCUT2D eigenvalue weighted by molar-refractivity contribution is 0.259. The van der Waals surface area contributed by atoms with Crippen molar-refractivity contribution >= 4 is 21.6 Å². The maximum atomic E-state index is 5.56. The summed E-state index contributed by atoms with van der Waals surface area (Å²) in [5.41, 5.74) is 0.981. The molecule has 0 saturated heterocycles. The summed E-state index contributed by atoms with van der Waals surface area (Å²) >= 11 is 3.43. The molecule has 1 heterocycles. The van der Waals surface area contributed by atoms with Crippen LogP contribution in [0.1, 0.15) is 11.8 Å². The quantitative estimate of drug-likeness (QED) is 0.719. The summed E-state index contributed by atoms with van der Waals surface area (Å²) in [6, 6.07) is 17.4. The van der Waals surface area contributed by atoms with E-state index in [-0.39, 0.29) is 6.61 Å². The van der Waals surface area contributed by atoms with E-state index in [9.17, 15) is 0 Å². The number of rotatable bonds is 6. The number of para-hydroxylation sites is 1. The molecule has 2 aromatic carbocycles. The fraction of sp³-hybridized carbons (Fsp3) is 0.125. The number of aromatic nitrogens is 2. The molecule has 0 saturated carbocycles. The lowest BCUT2D eigenvalue weighted by Gasteiger charge is -2.03. The molecule has 112 valence electrons. The number of ether oxygens (including phenoxy) is 1. The fourth-order valence-electron chi connectivity index (χ4n) is 1.86. The van der Waals surface area contributed by atoms with E-state index in [2.05, 4.69) is 31.4 Å². The SMILES string of the molecule is Brc1cccc(NCc2nnc(COc3ccccc3)o2)c1. The third-order valence-corrected chi connectivity index (χ3v) is 3.38. The third-order valence-electron chi connectivity index (χ3n) is 2.88. The van der Waals surface area contributed by atoms with Crippen LogP contribution in [-0.2, 0) is 13.2 Å². The highest BCUT2D eigenvalue weighted by Gasteiger charge is 2.06. The van der Waals surface area contributed by atoms with Crippen LogP contribution in [0.3, 0.4) is 0 Å². The van der Waals surface area contributed by atoms with E-state index in [4.69, 9.17) is 9.15 Å². The van der Waals surface area contributed by atoms with E-state index in [1.807, 2.05) is 54.6 Å². The van der Waals surface area contributed by atoms with Gasteiger partial charge in [0, 0.05) is 10.2 Å². The highest BCUT2D eigenvalue weighted by atomic mass is 79.9. The maximum absolute atomic E-state index is 5.56. The highest BCUT2D eigenvalue weighted by Crippen LogP contribution is 2.16. The Morgan fingerprint density at radius 3 is 2.64 bits per heavy atom. The fourth-order valence-corrected chi connectivity index (χ4v) is 2.26. The minimum Gasteiger partial charge on any atom is -0.484 e. The lowest BCUT2D eigenvalue weighted by Crippen LogP contribution is -1.99. The molecule has 0 aliphatic carbocycles. The van der Waals surface area contributed by atoms with Crippen LogP contribution < -0.4 is 10.1 Å². The maximum Gasteiger partial charge on any atom is 0.253 e. The average molecular weight is 360 g/mol. The Hall–Kier alpha value is -2.34. The zero-order valence-corrected chi connectivity index (χ0v) is 13.3. The number of hydrogen-bond donors (Lipinski definition) is 1. The van der Waals surface area contributed by atoms with E-state index in [0.29, 0.717) is 18.3 Å². The van der Waals surface area contributed by atoms with Crippen molar-refractivity contribution in [2.45, 2.75) is 13.2 Å². The second kappa shape index (κ2) is 7.09. The molecule has 22 heavy (non-hydrogen) atoms. The zero-order valence-electron chi connectivity index (χ0n) is 11.7. The van der Waals surface area contributed by atoms with Crippen LogP contribution in [0.4, 0.5) is 5.69 Å². The van der Waals surface area contributed by atoms with Crippen molar-refractivity contribution in [1.29, 1.82) is 0 Å². The van der Waals surface area contributed by atoms with Gasteiger partial charge in [-0.3, -0.25) is 0 Å². The number of nitrogens with one attached hydrogen (secondary N) is 1. The van der Waals surface area contributed by atoms with Crippen LogP contribution in [0, 0.1) is 0 Å². The molecule has 0 unspecified atom stereocenters. The van der Waals surface area contributed by atoms with E-state index >= 15 is 0 Å². The second-order valence-electron chi connectivity index (χ2n) is 4.56. The average Bonchev–Trinajstić information content (AvgIpc) is 3.00. The second-order valence-corrected chi connectivity index (χ2v) is 5.47. The van der Waals surface area contributed by atoms with Gasteiger partial charge in [-0.2, -0.15) is 0 Å². The molecule has 0 amide bonds. The van der Waals surface area contributed by atoms with Gasteiger partial charge in [0.2, 0.25) is 5.89 Å². The molecule has 0 fully saturated rings. The van der Waals surface area contributed by atoms with Crippen molar-refractivity contribution < 1.29 is 9.15 Å². The van der Waals surface area contributed by atoms with Gasteiger partial charge in [-0.25, -0.2) is 0 Å². The molecule has 3 rings (SSSR count). The number of anilines is 1. The Labute approximate surface area is 136 Å². The smallest absolute Gasteiger partial charge is 0.253 e. The van der Waals surface area contributed by atoms with Crippen molar-refractivity contribution in [3.8, 4) is 5.75 Å². The molecule has 0 aliphatic rings. The predicted octanol–water partition coefficient (Wildman–Crippen LogP) is 4.02. The molecule has 1 N–H and O–H groups in total. The number of nitrogens with zero attached hydrogens (tertiary/aromatic N) is 2. The Kier molecular flexibility index (Phi) is 4.70. The van der Waals surface area contributed by atoms with Crippen molar-refractivity contribution in [3.05, 3.63) is 70.9 Å². The summed E-state index contributed by atoms with van der Waals surface area (Å²) in [4.78, 5) is 0. The minimum absolute atomic E-state index is 0.258. The van der Waals surface area contributed by atoms with E-state index in [1.165, 1.54) is 0 Å². The van der Waals surface area contributed by atoms with Gasteiger partial charge in [0.1, 0.15) is 5.75 Å². The first kappa shape index (κ1) is 14.6. The van der Waals surface area contributed by atoms with Crippen LogP contribution >= 0.6 is 15.9 Å². The normalized spacial score (nSPS) is 10.4. The lowest BCUT2D eigenvalue weighted by atomic mass is 10.3. The number of hydrogen-bond acceptors (Lipinski definition) is 5. The molecular weight excluding hydrogens is 346 g/mol. The van der Waals surface area contributed by atoms with Crippen molar-refractivity contribution in [2.75, 3.05) is 5.32 Å². The summed E-state index contributed by atoms with van der Waals surface area (Å²) in [7, 11) is 0. The molecule has 0 spiro atoms. The Morgan fingerprint density at radius 2 is 1.82 bits per heavy atom. The third kappa shape index (κ3) is 4.08. The van der Waals surface area contributed by atoms with Gasteiger partial charge in [-0.15, -0.1) is 10.2 Å². The van der Waals surface area contributed by atoms with Gasteiger partial charge in [-0.05, 0) is 30.3 Å². The highest BCUT2D eigenvalue weighted by molar-refractivity contribution is 9.10. The van der Waals surface area contributed by atoms with E-state index in [0.717, 1.165) is 15.9 Å². The summed E-state index contributed by atoms with van der Waals surface area (Å²) in [6.07, 6.45) is 0. The standard InChI is InChI=1S/C16H14BrN3O2/c17-12-5-4-6-13(9-12)18-10-15-19-20-16(22-15)11-21-14-7-2-1-3-8-14/h1-9,18H,10-11H2. The molecule has 1 aromatic heterocycles. The van der Waals surface area contributed by atoms with E-state index in [1.54, 1.807) is 0 Å². The Morgan fingerprint density at radius 1 is 1.00 bits per heavy atom. The van der Waals surface area contributed by atoms with Gasteiger partial charge in [-0.1, -0.05) is 40.2 Å². The van der Waals surface area contributed by atoms with Gasteiger partial charge in [0.25, 0.3) is 5.89 Å². The summed E-state index contributed by atoms with van der Waals surface area (Å²) in [6.45, 7) is 0.725. The number of benzene rings is 2. The minimum atomic E-state index is 0.258. The van der Waals surface area contributed by atoms with Crippen LogP contribution in [0.25, 0.3) is 0 Å². The van der Waals surface area contributed by atoms with Gasteiger partial charge in [0.05, 0.1) is 6.54 Å². The van der Waals surface area contributed by atoms with Crippen molar-refractivity contribution in [1.82, 2.24) is 10.2 Å². The zero-order chi connectivity index (χ0) is 15.2. The summed E-state index contributed by atoms with van der Waals surface area (Å²) < 4.78 is 12.1. The predicted molar refractivity (Wildman–Crippen MR) is 86.5 cm³/mol. The first-order valence-electron chi connectivity index (χ1n) is 6.78. The van der Waals surface area contributed by atoms with Gasteiger partial charge >= 0.3 is 0 Å². The largest absolute Gasteiger partial charge is 0.484 e. The molecule has 3 aromatic rings. The van der Waals surface area contributed by atoms with Crippen LogP contribution in [-0.4, -0.2) is 10.2 Å². The number of halogens is 1. The first-order valence-corrected chi connectivity index (χ1v) is 7.57. The van der Waals surface area contributed by atoms with Crippen LogP contribution in [0.15, 0.2) is 63.5 Å². The molecular formula is C16H14BrN3O2. The van der Waals surface area contributed by atoms with Crippen molar-refractivity contribution in [2.24, 2.45) is 0 Å². The van der Waals surface area contributed by atoms with Crippen LogP contribution in [0.5, 0.6) is 5.75 Å². The van der Waals surface area contributed by atoms with Gasteiger partial charge < -0.3 is 14.5 Å². The van der Waals surface area contributed by atoms with Gasteiger partial charge in [0.15, 0.2) is 6.61 Å². The molecule has 6 heteroatoms. The monoisotopic (exact) mass is 359 g/mol. The van der Waals surface area contributed by atoms with Crippen molar-refractivity contribution in [3.63, 3.8) is 0 Å². The molecule has 0 bridgehead atoms. The Balaban J connectivity index is 1.53. The molecule has 0 aliphatic heterocycles. The molecule has 0 atom stereocenters. The molecule has 5 nitrogen and oxygen atoms in total. The first-order chi connectivity index (χ1) is 10.8. The summed E-state index contributed by atoms with van der Waals surface area (Å²) in [5.74, 6) is 1.75. The Bertz CT molecular complexity index is 731. The molecule has 0 radical (unpaired) electrons. The van der Waals surface area contributed by atoms with E-state index < -0.39 is 0 Å².